The van der Waals surface area contributed by atoms with Crippen LogP contribution in [0.15, 0.2) is 28.7 Å². The summed E-state index contributed by atoms with van der Waals surface area (Å²) in [7, 11) is 0. The van der Waals surface area contributed by atoms with Crippen molar-refractivity contribution in [3.8, 4) is 0 Å². The lowest BCUT2D eigenvalue weighted by Crippen LogP contribution is -2.38. The smallest absolute Gasteiger partial charge is 0.170 e. The van der Waals surface area contributed by atoms with E-state index in [9.17, 15) is 0 Å². The zero-order valence-electron chi connectivity index (χ0n) is 9.71. The van der Waals surface area contributed by atoms with E-state index in [1.807, 2.05) is 24.3 Å². The summed E-state index contributed by atoms with van der Waals surface area (Å²) in [6.07, 6.45) is 6.47. The first-order chi connectivity index (χ1) is 8.24. The first-order valence-corrected chi connectivity index (χ1v) is 7.27. The van der Waals surface area contributed by atoms with Gasteiger partial charge in [0.1, 0.15) is 0 Å². The maximum atomic E-state index is 5.32. The fourth-order valence-electron chi connectivity index (χ4n) is 2.17. The van der Waals surface area contributed by atoms with Crippen LogP contribution in [0.25, 0.3) is 0 Å². The van der Waals surface area contributed by atoms with Gasteiger partial charge >= 0.3 is 0 Å². The average Bonchev–Trinajstić information content (AvgIpc) is 2.30. The molecular weight excluding hydrogens is 296 g/mol. The van der Waals surface area contributed by atoms with Crippen LogP contribution in [0.1, 0.15) is 32.1 Å². The molecule has 0 spiro atoms. The Morgan fingerprint density at radius 2 is 2.00 bits per heavy atom. The quantitative estimate of drug-likeness (QED) is 0.805. The number of benzene rings is 1. The number of halogens is 1. The van der Waals surface area contributed by atoms with E-state index >= 15 is 0 Å². The molecule has 0 atom stereocenters. The van der Waals surface area contributed by atoms with E-state index < -0.39 is 0 Å². The third kappa shape index (κ3) is 4.28. The highest BCUT2D eigenvalue weighted by molar-refractivity contribution is 9.10. The molecular formula is C13H17BrN2S. The van der Waals surface area contributed by atoms with E-state index in [0.29, 0.717) is 6.04 Å². The normalized spacial score (nSPS) is 16.5. The molecule has 0 aliphatic heterocycles. The van der Waals surface area contributed by atoms with Gasteiger partial charge in [-0.3, -0.25) is 0 Å². The number of hydrogen-bond donors (Lipinski definition) is 2. The van der Waals surface area contributed by atoms with Gasteiger partial charge in [0.05, 0.1) is 0 Å². The Kier molecular flexibility index (Phi) is 4.80. The maximum Gasteiger partial charge on any atom is 0.170 e. The summed E-state index contributed by atoms with van der Waals surface area (Å²) in [5.74, 6) is 0. The molecule has 1 aromatic rings. The zero-order valence-corrected chi connectivity index (χ0v) is 12.1. The van der Waals surface area contributed by atoms with Gasteiger partial charge < -0.3 is 10.6 Å². The van der Waals surface area contributed by atoms with Crippen molar-refractivity contribution in [2.75, 3.05) is 5.32 Å². The molecule has 0 heterocycles. The number of nitrogens with one attached hydrogen (secondary N) is 2. The average molecular weight is 313 g/mol. The third-order valence-electron chi connectivity index (χ3n) is 3.02. The van der Waals surface area contributed by atoms with Gasteiger partial charge in [-0.25, -0.2) is 0 Å². The predicted octanol–water partition coefficient (Wildman–Crippen LogP) is 4.07. The van der Waals surface area contributed by atoms with E-state index in [4.69, 9.17) is 12.2 Å². The molecule has 0 bridgehead atoms. The van der Waals surface area contributed by atoms with E-state index in [1.54, 1.807) is 0 Å². The zero-order chi connectivity index (χ0) is 12.1. The molecule has 1 aliphatic carbocycles. The summed E-state index contributed by atoms with van der Waals surface area (Å²) >= 11 is 8.77. The Morgan fingerprint density at radius 1 is 1.24 bits per heavy atom. The molecule has 2 rings (SSSR count). The van der Waals surface area contributed by atoms with Crippen molar-refractivity contribution in [1.29, 1.82) is 0 Å². The second kappa shape index (κ2) is 6.36. The molecule has 1 fully saturated rings. The van der Waals surface area contributed by atoms with Crippen molar-refractivity contribution in [2.45, 2.75) is 38.1 Å². The largest absolute Gasteiger partial charge is 0.360 e. The van der Waals surface area contributed by atoms with Crippen LogP contribution < -0.4 is 10.6 Å². The van der Waals surface area contributed by atoms with Crippen molar-refractivity contribution in [3.63, 3.8) is 0 Å². The topological polar surface area (TPSA) is 24.1 Å². The van der Waals surface area contributed by atoms with Gasteiger partial charge in [0.25, 0.3) is 0 Å². The van der Waals surface area contributed by atoms with Gasteiger partial charge in [-0.15, -0.1) is 0 Å². The first-order valence-electron chi connectivity index (χ1n) is 6.07. The van der Waals surface area contributed by atoms with Crippen molar-refractivity contribution in [2.24, 2.45) is 0 Å². The second-order valence-corrected chi connectivity index (χ2v) is 5.77. The van der Waals surface area contributed by atoms with Crippen LogP contribution in [0.5, 0.6) is 0 Å². The lowest BCUT2D eigenvalue weighted by atomic mass is 9.96. The van der Waals surface area contributed by atoms with Crippen molar-refractivity contribution >= 4 is 38.9 Å². The van der Waals surface area contributed by atoms with Crippen molar-refractivity contribution in [3.05, 3.63) is 28.7 Å². The first kappa shape index (κ1) is 12.8. The SMILES string of the molecule is S=C(Nc1cccc(Br)c1)NC1CCCCC1. The monoisotopic (exact) mass is 312 g/mol. The van der Waals surface area contributed by atoms with Crippen LogP contribution in [0.4, 0.5) is 5.69 Å². The van der Waals surface area contributed by atoms with Crippen LogP contribution in [0, 0.1) is 0 Å². The third-order valence-corrected chi connectivity index (χ3v) is 3.74. The van der Waals surface area contributed by atoms with Gasteiger partial charge in [0.15, 0.2) is 5.11 Å². The highest BCUT2D eigenvalue weighted by Crippen LogP contribution is 2.18. The molecule has 1 aromatic carbocycles. The summed E-state index contributed by atoms with van der Waals surface area (Å²) in [6, 6.07) is 8.59. The Morgan fingerprint density at radius 3 is 2.71 bits per heavy atom. The van der Waals surface area contributed by atoms with Crippen molar-refractivity contribution in [1.82, 2.24) is 5.32 Å². The molecule has 4 heteroatoms. The van der Waals surface area contributed by atoms with Gasteiger partial charge in [-0.1, -0.05) is 41.3 Å². The van der Waals surface area contributed by atoms with Crippen LogP contribution in [-0.2, 0) is 0 Å². The van der Waals surface area contributed by atoms with Gasteiger partial charge in [0.2, 0.25) is 0 Å². The number of anilines is 1. The summed E-state index contributed by atoms with van der Waals surface area (Å²) in [5.41, 5.74) is 1.02. The molecule has 17 heavy (non-hydrogen) atoms. The molecule has 0 amide bonds. The predicted molar refractivity (Wildman–Crippen MR) is 80.4 cm³/mol. The molecule has 92 valence electrons. The van der Waals surface area contributed by atoms with Crippen LogP contribution >= 0.6 is 28.1 Å². The van der Waals surface area contributed by atoms with Gasteiger partial charge in [0, 0.05) is 16.2 Å². The van der Waals surface area contributed by atoms with Gasteiger partial charge in [-0.05, 0) is 43.3 Å². The molecule has 1 aliphatic rings. The molecule has 0 radical (unpaired) electrons. The fraction of sp³-hybridized carbons (Fsp3) is 0.462. The summed E-state index contributed by atoms with van der Waals surface area (Å²) in [5, 5.41) is 7.34. The highest BCUT2D eigenvalue weighted by atomic mass is 79.9. The molecule has 0 aromatic heterocycles. The second-order valence-electron chi connectivity index (χ2n) is 4.44. The number of rotatable bonds is 2. The van der Waals surface area contributed by atoms with Gasteiger partial charge in [-0.2, -0.15) is 0 Å². The Bertz CT molecular complexity index is 389. The van der Waals surface area contributed by atoms with E-state index in [-0.39, 0.29) is 0 Å². The fourth-order valence-corrected chi connectivity index (χ4v) is 2.85. The van der Waals surface area contributed by atoms with E-state index in [1.165, 1.54) is 32.1 Å². The standard InChI is InChI=1S/C13H17BrN2S/c14-10-5-4-8-12(9-10)16-13(17)15-11-6-2-1-3-7-11/h4-5,8-9,11H,1-3,6-7H2,(H2,15,16,17). The molecule has 0 saturated heterocycles. The lowest BCUT2D eigenvalue weighted by Gasteiger charge is -2.24. The summed E-state index contributed by atoms with van der Waals surface area (Å²) < 4.78 is 1.06. The van der Waals surface area contributed by atoms with Crippen molar-refractivity contribution < 1.29 is 0 Å². The number of hydrogen-bond acceptors (Lipinski definition) is 1. The molecule has 1 saturated carbocycles. The highest BCUT2D eigenvalue weighted by Gasteiger charge is 2.13. The number of thiocarbonyl (C=S) groups is 1. The minimum atomic E-state index is 0.552. The maximum absolute atomic E-state index is 5.32. The molecule has 2 nitrogen and oxygen atoms in total. The van der Waals surface area contributed by atoms with Crippen LogP contribution in [0.2, 0.25) is 0 Å². The molecule has 0 unspecified atom stereocenters. The Balaban J connectivity index is 1.84. The Hall–Kier alpha value is -0.610. The lowest BCUT2D eigenvalue weighted by molar-refractivity contribution is 0.415. The Labute approximate surface area is 116 Å². The summed E-state index contributed by atoms with van der Waals surface area (Å²) in [4.78, 5) is 0. The molecule has 2 N–H and O–H groups in total. The van der Waals surface area contributed by atoms with E-state index in [2.05, 4.69) is 26.6 Å². The minimum Gasteiger partial charge on any atom is -0.360 e. The van der Waals surface area contributed by atoms with Crippen LogP contribution in [-0.4, -0.2) is 11.2 Å². The summed E-state index contributed by atoms with van der Waals surface area (Å²) in [6.45, 7) is 0. The minimum absolute atomic E-state index is 0.552. The van der Waals surface area contributed by atoms with E-state index in [0.717, 1.165) is 15.3 Å². The van der Waals surface area contributed by atoms with Crippen LogP contribution in [0.3, 0.4) is 0 Å².